The van der Waals surface area contributed by atoms with Gasteiger partial charge in [-0.1, -0.05) is 18.2 Å². The summed E-state index contributed by atoms with van der Waals surface area (Å²) >= 11 is 5.10. The van der Waals surface area contributed by atoms with E-state index >= 15 is 0 Å². The third kappa shape index (κ3) is 4.45. The van der Waals surface area contributed by atoms with Gasteiger partial charge in [0.2, 0.25) is 0 Å². The van der Waals surface area contributed by atoms with Crippen molar-refractivity contribution in [1.82, 2.24) is 15.2 Å². The Morgan fingerprint density at radius 2 is 2.04 bits per heavy atom. The third-order valence-electron chi connectivity index (χ3n) is 3.85. The lowest BCUT2D eigenvalue weighted by molar-refractivity contribution is 0.0954. The van der Waals surface area contributed by atoms with Gasteiger partial charge in [0, 0.05) is 11.9 Å². The third-order valence-corrected chi connectivity index (χ3v) is 5.50. The zero-order valence-corrected chi connectivity index (χ0v) is 16.7. The maximum atomic E-state index is 12.7. The molecule has 0 radical (unpaired) electrons. The molecular formula is C19H20BrN3OS. The van der Waals surface area contributed by atoms with Crippen LogP contribution in [0, 0.1) is 0 Å². The maximum Gasteiger partial charge on any atom is 0.252 e. The number of benzene rings is 1. The Morgan fingerprint density at radius 1 is 1.24 bits per heavy atom. The van der Waals surface area contributed by atoms with E-state index < -0.39 is 0 Å². The SMILES string of the molecule is CN(C)CCCNC(=O)c1cc(-c2ccc(Br)s2)nc2ccccc12. The van der Waals surface area contributed by atoms with Crippen LogP contribution in [0.3, 0.4) is 0 Å². The van der Waals surface area contributed by atoms with E-state index in [1.165, 1.54) is 0 Å². The van der Waals surface area contributed by atoms with E-state index in [1.807, 2.05) is 56.6 Å². The Labute approximate surface area is 160 Å². The monoisotopic (exact) mass is 417 g/mol. The highest BCUT2D eigenvalue weighted by molar-refractivity contribution is 9.11. The fourth-order valence-corrected chi connectivity index (χ4v) is 3.98. The molecule has 1 amide bonds. The summed E-state index contributed by atoms with van der Waals surface area (Å²) < 4.78 is 1.05. The summed E-state index contributed by atoms with van der Waals surface area (Å²) in [6.45, 7) is 1.61. The van der Waals surface area contributed by atoms with E-state index in [2.05, 4.69) is 26.1 Å². The number of carbonyl (C=O) groups is 1. The number of halogens is 1. The standard InChI is InChI=1S/C19H20BrN3OS/c1-23(2)11-5-10-21-19(24)14-12-16(17-8-9-18(20)25-17)22-15-7-4-3-6-13(14)15/h3-4,6-9,12H,5,10-11H2,1-2H3,(H,21,24). The molecule has 0 aliphatic rings. The minimum atomic E-state index is -0.0470. The number of pyridine rings is 1. The van der Waals surface area contributed by atoms with Gasteiger partial charge in [-0.2, -0.15) is 0 Å². The van der Waals surface area contributed by atoms with Crippen molar-refractivity contribution < 1.29 is 4.79 Å². The van der Waals surface area contributed by atoms with E-state index in [-0.39, 0.29) is 5.91 Å². The molecule has 3 aromatic rings. The summed E-state index contributed by atoms with van der Waals surface area (Å²) in [6.07, 6.45) is 0.923. The van der Waals surface area contributed by atoms with Crippen LogP contribution in [-0.4, -0.2) is 43.0 Å². The highest BCUT2D eigenvalue weighted by Crippen LogP contribution is 2.32. The zero-order valence-electron chi connectivity index (χ0n) is 14.3. The number of thiophene rings is 1. The lowest BCUT2D eigenvalue weighted by Gasteiger charge is -2.12. The van der Waals surface area contributed by atoms with Crippen LogP contribution in [0.1, 0.15) is 16.8 Å². The van der Waals surface area contributed by atoms with Crippen molar-refractivity contribution in [1.29, 1.82) is 0 Å². The molecule has 1 aromatic carbocycles. The van der Waals surface area contributed by atoms with Crippen molar-refractivity contribution in [2.24, 2.45) is 0 Å². The van der Waals surface area contributed by atoms with Gasteiger partial charge in [0.25, 0.3) is 5.91 Å². The summed E-state index contributed by atoms with van der Waals surface area (Å²) in [5.74, 6) is -0.0470. The number of hydrogen-bond donors (Lipinski definition) is 1. The van der Waals surface area contributed by atoms with E-state index in [0.29, 0.717) is 12.1 Å². The molecule has 4 nitrogen and oxygen atoms in total. The molecule has 0 fully saturated rings. The normalized spacial score (nSPS) is 11.2. The van der Waals surface area contributed by atoms with Gasteiger partial charge in [-0.25, -0.2) is 4.98 Å². The Balaban J connectivity index is 1.91. The number of carbonyl (C=O) groups excluding carboxylic acids is 1. The van der Waals surface area contributed by atoms with Gasteiger partial charge in [-0.05, 0) is 67.3 Å². The second-order valence-electron chi connectivity index (χ2n) is 6.09. The van der Waals surface area contributed by atoms with Crippen LogP contribution in [-0.2, 0) is 0 Å². The van der Waals surface area contributed by atoms with Crippen molar-refractivity contribution in [2.75, 3.05) is 27.2 Å². The van der Waals surface area contributed by atoms with Crippen molar-refractivity contribution in [2.45, 2.75) is 6.42 Å². The maximum absolute atomic E-state index is 12.7. The van der Waals surface area contributed by atoms with E-state index in [0.717, 1.165) is 38.2 Å². The molecule has 1 N–H and O–H groups in total. The number of amides is 1. The molecular weight excluding hydrogens is 398 g/mol. The predicted octanol–water partition coefficient (Wildman–Crippen LogP) is 4.41. The molecule has 0 saturated heterocycles. The van der Waals surface area contributed by atoms with E-state index in [1.54, 1.807) is 11.3 Å². The molecule has 130 valence electrons. The summed E-state index contributed by atoms with van der Waals surface area (Å²) in [5.41, 5.74) is 2.34. The second-order valence-corrected chi connectivity index (χ2v) is 8.55. The summed E-state index contributed by atoms with van der Waals surface area (Å²) in [7, 11) is 4.06. The predicted molar refractivity (Wildman–Crippen MR) is 108 cm³/mol. The first-order valence-corrected chi connectivity index (χ1v) is 9.74. The van der Waals surface area contributed by atoms with Crippen molar-refractivity contribution >= 4 is 44.1 Å². The molecule has 6 heteroatoms. The summed E-state index contributed by atoms with van der Waals surface area (Å²) in [6, 6.07) is 13.7. The average Bonchev–Trinajstić information content (AvgIpc) is 3.04. The van der Waals surface area contributed by atoms with Gasteiger partial charge in [-0.15, -0.1) is 11.3 Å². The zero-order chi connectivity index (χ0) is 17.8. The van der Waals surface area contributed by atoms with Gasteiger partial charge >= 0.3 is 0 Å². The second kappa shape index (κ2) is 8.08. The van der Waals surface area contributed by atoms with Crippen LogP contribution in [0.4, 0.5) is 0 Å². The molecule has 2 heterocycles. The molecule has 0 aliphatic heterocycles. The lowest BCUT2D eigenvalue weighted by atomic mass is 10.1. The Morgan fingerprint density at radius 3 is 2.76 bits per heavy atom. The molecule has 3 rings (SSSR count). The first kappa shape index (κ1) is 18.0. The Kier molecular flexibility index (Phi) is 5.83. The van der Waals surface area contributed by atoms with Crippen LogP contribution in [0.2, 0.25) is 0 Å². The van der Waals surface area contributed by atoms with Crippen molar-refractivity contribution in [3.63, 3.8) is 0 Å². The van der Waals surface area contributed by atoms with Gasteiger partial charge in [0.1, 0.15) is 0 Å². The number of hydrogen-bond acceptors (Lipinski definition) is 4. The first-order valence-electron chi connectivity index (χ1n) is 8.13. The largest absolute Gasteiger partial charge is 0.352 e. The highest BCUT2D eigenvalue weighted by Gasteiger charge is 2.14. The van der Waals surface area contributed by atoms with Gasteiger partial charge in [0.05, 0.1) is 25.4 Å². The molecule has 25 heavy (non-hydrogen) atoms. The van der Waals surface area contributed by atoms with E-state index in [9.17, 15) is 4.79 Å². The topological polar surface area (TPSA) is 45.2 Å². The molecule has 0 unspecified atom stereocenters. The fraction of sp³-hybridized carbons (Fsp3) is 0.263. The first-order chi connectivity index (χ1) is 12.0. The smallest absolute Gasteiger partial charge is 0.252 e. The van der Waals surface area contributed by atoms with Crippen molar-refractivity contribution in [3.8, 4) is 10.6 Å². The van der Waals surface area contributed by atoms with Gasteiger partial charge in [0.15, 0.2) is 0 Å². The van der Waals surface area contributed by atoms with Crippen LogP contribution >= 0.6 is 27.3 Å². The fourth-order valence-electron chi connectivity index (χ4n) is 2.63. The number of fused-ring (bicyclic) bond motifs is 1. The number of nitrogens with one attached hydrogen (secondary N) is 1. The molecule has 0 spiro atoms. The number of nitrogens with zero attached hydrogens (tertiary/aromatic N) is 2. The van der Waals surface area contributed by atoms with Crippen LogP contribution < -0.4 is 5.32 Å². The molecule has 0 bridgehead atoms. The molecule has 0 saturated carbocycles. The van der Waals surface area contributed by atoms with Crippen molar-refractivity contribution in [3.05, 3.63) is 51.8 Å². The van der Waals surface area contributed by atoms with E-state index in [4.69, 9.17) is 4.98 Å². The molecule has 0 aliphatic carbocycles. The Bertz CT molecular complexity index is 891. The van der Waals surface area contributed by atoms with Gasteiger partial charge in [-0.3, -0.25) is 4.79 Å². The number of aromatic nitrogens is 1. The number of para-hydroxylation sites is 1. The minimum absolute atomic E-state index is 0.0470. The average molecular weight is 418 g/mol. The van der Waals surface area contributed by atoms with Crippen LogP contribution in [0.5, 0.6) is 0 Å². The van der Waals surface area contributed by atoms with Gasteiger partial charge < -0.3 is 10.2 Å². The summed E-state index contributed by atoms with van der Waals surface area (Å²) in [5, 5.41) is 3.91. The Hall–Kier alpha value is -1.76. The lowest BCUT2D eigenvalue weighted by Crippen LogP contribution is -2.27. The molecule has 0 atom stereocenters. The molecule has 2 aromatic heterocycles. The van der Waals surface area contributed by atoms with Crippen LogP contribution in [0.15, 0.2) is 46.3 Å². The quantitative estimate of drug-likeness (QED) is 0.604. The summed E-state index contributed by atoms with van der Waals surface area (Å²) in [4.78, 5) is 20.6. The highest BCUT2D eigenvalue weighted by atomic mass is 79.9. The number of rotatable bonds is 6. The van der Waals surface area contributed by atoms with Crippen LogP contribution in [0.25, 0.3) is 21.5 Å². The minimum Gasteiger partial charge on any atom is -0.352 e.